The van der Waals surface area contributed by atoms with Crippen molar-refractivity contribution in [2.45, 2.75) is 5.92 Å². The van der Waals surface area contributed by atoms with Crippen LogP contribution in [0, 0.1) is 0 Å². The first-order chi connectivity index (χ1) is 9.74. The van der Waals surface area contributed by atoms with Gasteiger partial charge in [0, 0.05) is 18.2 Å². The molecule has 0 aliphatic heterocycles. The molecule has 0 spiro atoms. The van der Waals surface area contributed by atoms with Crippen LogP contribution >= 0.6 is 0 Å². The molecule has 2 aromatic carbocycles. The van der Waals surface area contributed by atoms with Gasteiger partial charge in [-0.05, 0) is 5.56 Å². The summed E-state index contributed by atoms with van der Waals surface area (Å²) in [6.45, 7) is 0. The summed E-state index contributed by atoms with van der Waals surface area (Å²) in [6, 6.07) is 16.3. The van der Waals surface area contributed by atoms with E-state index < -0.39 is 5.92 Å². The van der Waals surface area contributed by atoms with Gasteiger partial charge in [-0.1, -0.05) is 54.6 Å². The molecule has 1 aliphatic rings. The fourth-order valence-electron chi connectivity index (χ4n) is 2.63. The van der Waals surface area contributed by atoms with Gasteiger partial charge in [0.25, 0.3) is 0 Å². The first-order valence-electron chi connectivity index (χ1n) is 6.43. The van der Waals surface area contributed by atoms with Crippen LogP contribution in [0.15, 0.2) is 59.6 Å². The van der Waals surface area contributed by atoms with Crippen LogP contribution in [0.3, 0.4) is 0 Å². The van der Waals surface area contributed by atoms with Gasteiger partial charge < -0.3 is 0 Å². The maximum absolute atomic E-state index is 12.7. The van der Waals surface area contributed by atoms with Crippen molar-refractivity contribution in [1.82, 2.24) is 0 Å². The summed E-state index contributed by atoms with van der Waals surface area (Å²) in [5.41, 5.74) is 2.06. The number of nitrogens with zero attached hydrogens (tertiary/aromatic N) is 1. The second kappa shape index (κ2) is 4.85. The zero-order chi connectivity index (χ0) is 14.1. The van der Waals surface area contributed by atoms with E-state index in [9.17, 15) is 9.59 Å². The summed E-state index contributed by atoms with van der Waals surface area (Å²) in [5, 5.41) is 0. The lowest BCUT2D eigenvalue weighted by molar-refractivity contribution is 0.0947. The number of carbonyl (C=O) groups excluding carboxylic acids is 2. The van der Waals surface area contributed by atoms with Gasteiger partial charge in [-0.3, -0.25) is 14.6 Å². The van der Waals surface area contributed by atoms with Crippen molar-refractivity contribution in [3.8, 4) is 0 Å². The van der Waals surface area contributed by atoms with E-state index in [1.54, 1.807) is 31.3 Å². The Hall–Kier alpha value is -2.55. The summed E-state index contributed by atoms with van der Waals surface area (Å²) in [4.78, 5) is 29.3. The predicted molar refractivity (Wildman–Crippen MR) is 77.6 cm³/mol. The lowest BCUT2D eigenvalue weighted by atomic mass is 9.77. The van der Waals surface area contributed by atoms with Crippen LogP contribution in [0.5, 0.6) is 0 Å². The lowest BCUT2D eigenvalue weighted by Crippen LogP contribution is -2.35. The molecular formula is C17H13NO2. The summed E-state index contributed by atoms with van der Waals surface area (Å²) in [7, 11) is 1.56. The number of benzene rings is 2. The van der Waals surface area contributed by atoms with Crippen LogP contribution in [0.4, 0.5) is 0 Å². The van der Waals surface area contributed by atoms with E-state index in [4.69, 9.17) is 0 Å². The van der Waals surface area contributed by atoms with Crippen LogP contribution in [0.1, 0.15) is 32.2 Å². The third-order valence-corrected chi connectivity index (χ3v) is 3.58. The van der Waals surface area contributed by atoms with Crippen molar-refractivity contribution in [3.63, 3.8) is 0 Å². The predicted octanol–water partition coefficient (Wildman–Crippen LogP) is 2.92. The molecule has 20 heavy (non-hydrogen) atoms. The third kappa shape index (κ3) is 1.79. The number of fused-ring (bicyclic) bond motifs is 1. The van der Waals surface area contributed by atoms with E-state index in [1.807, 2.05) is 30.3 Å². The standard InChI is InChI=1S/C17H13NO2/c1-18-15-14(11-7-3-2-4-8-11)16(19)12-9-5-6-10-13(12)17(15)20/h2-10,14H,1H3. The van der Waals surface area contributed by atoms with Crippen LogP contribution < -0.4 is 0 Å². The highest BCUT2D eigenvalue weighted by molar-refractivity contribution is 6.55. The average Bonchev–Trinajstić information content (AvgIpc) is 2.51. The molecule has 0 bridgehead atoms. The molecule has 3 rings (SSSR count). The fourth-order valence-corrected chi connectivity index (χ4v) is 2.63. The smallest absolute Gasteiger partial charge is 0.208 e. The SMILES string of the molecule is CN=C1C(=O)c2ccccc2C(=O)C1c1ccccc1. The number of hydrogen-bond donors (Lipinski definition) is 0. The van der Waals surface area contributed by atoms with Gasteiger partial charge in [0.2, 0.25) is 5.78 Å². The van der Waals surface area contributed by atoms with Crippen LogP contribution in [0.25, 0.3) is 0 Å². The molecule has 1 unspecified atom stereocenters. The first kappa shape index (κ1) is 12.5. The van der Waals surface area contributed by atoms with E-state index in [2.05, 4.69) is 4.99 Å². The minimum Gasteiger partial charge on any atom is -0.293 e. The monoisotopic (exact) mass is 263 g/mol. The van der Waals surface area contributed by atoms with E-state index in [-0.39, 0.29) is 11.6 Å². The maximum Gasteiger partial charge on any atom is 0.208 e. The molecule has 3 heteroatoms. The Morgan fingerprint density at radius 2 is 1.45 bits per heavy atom. The Morgan fingerprint density at radius 3 is 2.10 bits per heavy atom. The lowest BCUT2D eigenvalue weighted by Gasteiger charge is -2.24. The van der Waals surface area contributed by atoms with Crippen LogP contribution in [-0.4, -0.2) is 24.3 Å². The number of aliphatic imine (C=N–C) groups is 1. The summed E-state index contributed by atoms with van der Waals surface area (Å²) in [6.07, 6.45) is 0. The van der Waals surface area contributed by atoms with Crippen LogP contribution in [-0.2, 0) is 0 Å². The molecule has 0 fully saturated rings. The first-order valence-corrected chi connectivity index (χ1v) is 6.43. The number of ketones is 2. The summed E-state index contributed by atoms with van der Waals surface area (Å²) >= 11 is 0. The van der Waals surface area contributed by atoms with E-state index in [1.165, 1.54) is 0 Å². The molecule has 0 aromatic heterocycles. The van der Waals surface area contributed by atoms with Crippen molar-refractivity contribution >= 4 is 17.3 Å². The van der Waals surface area contributed by atoms with Gasteiger partial charge in [-0.25, -0.2) is 0 Å². The number of hydrogen-bond acceptors (Lipinski definition) is 3. The molecule has 0 radical (unpaired) electrons. The van der Waals surface area contributed by atoms with Gasteiger partial charge in [-0.15, -0.1) is 0 Å². The van der Waals surface area contributed by atoms with Gasteiger partial charge >= 0.3 is 0 Å². The number of Topliss-reactive ketones (excluding diaryl/α,β-unsaturated/α-hetero) is 2. The summed E-state index contributed by atoms with van der Waals surface area (Å²) < 4.78 is 0. The molecule has 0 saturated carbocycles. The average molecular weight is 263 g/mol. The van der Waals surface area contributed by atoms with Crippen molar-refractivity contribution in [1.29, 1.82) is 0 Å². The molecule has 3 nitrogen and oxygen atoms in total. The molecule has 0 saturated heterocycles. The minimum atomic E-state index is -0.594. The Morgan fingerprint density at radius 1 is 0.850 bits per heavy atom. The zero-order valence-electron chi connectivity index (χ0n) is 11.0. The number of rotatable bonds is 1. The molecule has 0 N–H and O–H groups in total. The molecule has 1 aliphatic carbocycles. The topological polar surface area (TPSA) is 46.5 Å². The minimum absolute atomic E-state index is 0.0630. The van der Waals surface area contributed by atoms with E-state index in [0.29, 0.717) is 16.8 Å². The molecular weight excluding hydrogens is 250 g/mol. The molecule has 0 amide bonds. The van der Waals surface area contributed by atoms with Crippen LogP contribution in [0.2, 0.25) is 0 Å². The molecule has 98 valence electrons. The largest absolute Gasteiger partial charge is 0.293 e. The van der Waals surface area contributed by atoms with Gasteiger partial charge in [0.15, 0.2) is 5.78 Å². The van der Waals surface area contributed by atoms with Crippen molar-refractivity contribution in [3.05, 3.63) is 71.3 Å². The van der Waals surface area contributed by atoms with E-state index in [0.717, 1.165) is 5.56 Å². The Bertz CT molecular complexity index is 717. The Kier molecular flexibility index (Phi) is 3.03. The van der Waals surface area contributed by atoms with Gasteiger partial charge in [0.1, 0.15) is 0 Å². The zero-order valence-corrected chi connectivity index (χ0v) is 11.0. The Labute approximate surface area is 117 Å². The Balaban J connectivity index is 2.22. The molecule has 2 aromatic rings. The van der Waals surface area contributed by atoms with Gasteiger partial charge in [0.05, 0.1) is 11.6 Å². The highest BCUT2D eigenvalue weighted by Crippen LogP contribution is 2.30. The van der Waals surface area contributed by atoms with Crippen molar-refractivity contribution in [2.75, 3.05) is 7.05 Å². The molecule has 1 atom stereocenters. The summed E-state index contributed by atoms with van der Waals surface area (Å²) in [5.74, 6) is -0.813. The van der Waals surface area contributed by atoms with Crippen molar-refractivity contribution in [2.24, 2.45) is 4.99 Å². The highest BCUT2D eigenvalue weighted by atomic mass is 16.1. The highest BCUT2D eigenvalue weighted by Gasteiger charge is 2.38. The van der Waals surface area contributed by atoms with Crippen molar-refractivity contribution < 1.29 is 9.59 Å². The number of carbonyl (C=O) groups is 2. The van der Waals surface area contributed by atoms with Gasteiger partial charge in [-0.2, -0.15) is 0 Å². The quantitative estimate of drug-likeness (QED) is 0.794. The second-order valence-corrected chi connectivity index (χ2v) is 4.69. The normalized spacial score (nSPS) is 20.1. The molecule has 0 heterocycles. The maximum atomic E-state index is 12.7. The van der Waals surface area contributed by atoms with E-state index >= 15 is 0 Å². The third-order valence-electron chi connectivity index (χ3n) is 3.58. The second-order valence-electron chi connectivity index (χ2n) is 4.69. The fraction of sp³-hybridized carbons (Fsp3) is 0.118.